The van der Waals surface area contributed by atoms with Crippen LogP contribution in [-0.2, 0) is 12.8 Å². The average molecular weight is 341 g/mol. The summed E-state index contributed by atoms with van der Waals surface area (Å²) in [6.07, 6.45) is 2.79. The molecule has 1 amide bonds. The number of nitro groups is 1. The first-order chi connectivity index (χ1) is 11.5. The molecule has 122 valence electrons. The number of hydrogen-bond donors (Lipinski definition) is 1. The molecule has 1 aromatic heterocycles. The fourth-order valence-corrected chi connectivity index (χ4v) is 4.15. The Morgan fingerprint density at radius 1 is 1.46 bits per heavy atom. The van der Waals surface area contributed by atoms with E-state index in [9.17, 15) is 20.2 Å². The fraction of sp³-hybridized carbons (Fsp3) is 0.294. The van der Waals surface area contributed by atoms with Crippen molar-refractivity contribution >= 4 is 27.9 Å². The number of nitrogens with zero attached hydrogens (tertiary/aromatic N) is 2. The van der Waals surface area contributed by atoms with Gasteiger partial charge in [0, 0.05) is 10.9 Å². The Labute approximate surface area is 142 Å². The smallest absolute Gasteiger partial charge is 0.282 e. The molecule has 0 fully saturated rings. The van der Waals surface area contributed by atoms with Gasteiger partial charge in [-0.2, -0.15) is 5.26 Å². The molecule has 1 aromatic carbocycles. The van der Waals surface area contributed by atoms with Gasteiger partial charge in [0.05, 0.1) is 10.5 Å². The summed E-state index contributed by atoms with van der Waals surface area (Å²) in [4.78, 5) is 24.1. The van der Waals surface area contributed by atoms with Gasteiger partial charge in [0.25, 0.3) is 11.6 Å². The van der Waals surface area contributed by atoms with E-state index in [4.69, 9.17) is 0 Å². The number of nitriles is 1. The van der Waals surface area contributed by atoms with Crippen LogP contribution in [0, 0.1) is 27.4 Å². The Hall–Kier alpha value is -2.72. The first-order valence-corrected chi connectivity index (χ1v) is 8.42. The number of carbonyl (C=O) groups excluding carboxylic acids is 1. The van der Waals surface area contributed by atoms with Gasteiger partial charge in [0.1, 0.15) is 16.6 Å². The highest BCUT2D eigenvalue weighted by atomic mass is 32.1. The summed E-state index contributed by atoms with van der Waals surface area (Å²) in [5.74, 6) is -0.0524. The maximum atomic E-state index is 12.5. The second kappa shape index (κ2) is 6.42. The lowest BCUT2D eigenvalue weighted by atomic mass is 9.88. The van der Waals surface area contributed by atoms with Crippen LogP contribution >= 0.6 is 11.3 Å². The van der Waals surface area contributed by atoms with Gasteiger partial charge in [-0.05, 0) is 36.8 Å². The Balaban J connectivity index is 1.94. The van der Waals surface area contributed by atoms with Crippen molar-refractivity contribution in [2.24, 2.45) is 5.92 Å². The number of nitrogens with one attached hydrogen (secondary N) is 1. The highest BCUT2D eigenvalue weighted by molar-refractivity contribution is 7.16. The van der Waals surface area contributed by atoms with Crippen LogP contribution in [0.1, 0.15) is 39.7 Å². The second-order valence-electron chi connectivity index (χ2n) is 5.90. The lowest BCUT2D eigenvalue weighted by Crippen LogP contribution is -2.14. The van der Waals surface area contributed by atoms with Crippen LogP contribution in [0.15, 0.2) is 24.3 Å². The molecule has 0 radical (unpaired) electrons. The van der Waals surface area contributed by atoms with Crippen LogP contribution in [0.4, 0.5) is 10.7 Å². The van der Waals surface area contributed by atoms with Gasteiger partial charge < -0.3 is 5.32 Å². The van der Waals surface area contributed by atoms with Crippen molar-refractivity contribution in [1.82, 2.24) is 0 Å². The summed E-state index contributed by atoms with van der Waals surface area (Å²) in [7, 11) is 0. The van der Waals surface area contributed by atoms with E-state index in [0.29, 0.717) is 16.5 Å². The van der Waals surface area contributed by atoms with E-state index in [1.54, 1.807) is 6.07 Å². The number of thiophene rings is 1. The standard InChI is InChI=1S/C17H15N3O3S/c1-10-6-7-15-12(8-10)13(9-18)17(24-15)19-16(21)11-4-2-3-5-14(11)20(22)23/h2-5,10H,6-8H2,1H3,(H,19,21)/t10-/m1/s1. The first kappa shape index (κ1) is 16.1. The molecule has 0 spiro atoms. The molecule has 1 aliphatic carbocycles. The molecule has 1 atom stereocenters. The third-order valence-corrected chi connectivity index (χ3v) is 5.40. The predicted molar refractivity (Wildman–Crippen MR) is 91.3 cm³/mol. The number of carbonyl (C=O) groups is 1. The molecule has 1 N–H and O–H groups in total. The molecular weight excluding hydrogens is 326 g/mol. The molecule has 7 heteroatoms. The molecule has 0 bridgehead atoms. The van der Waals surface area contributed by atoms with Crippen LogP contribution < -0.4 is 5.32 Å². The van der Waals surface area contributed by atoms with E-state index in [0.717, 1.165) is 29.7 Å². The lowest BCUT2D eigenvalue weighted by Gasteiger charge is -2.17. The number of hydrogen-bond acceptors (Lipinski definition) is 5. The van der Waals surface area contributed by atoms with E-state index in [1.165, 1.54) is 29.5 Å². The maximum absolute atomic E-state index is 12.5. The van der Waals surface area contributed by atoms with Gasteiger partial charge in [-0.1, -0.05) is 19.1 Å². The van der Waals surface area contributed by atoms with Crippen LogP contribution in [0.3, 0.4) is 0 Å². The Morgan fingerprint density at radius 3 is 2.92 bits per heavy atom. The summed E-state index contributed by atoms with van der Waals surface area (Å²) in [5, 5.41) is 23.7. The summed E-state index contributed by atoms with van der Waals surface area (Å²) in [6.45, 7) is 2.15. The average Bonchev–Trinajstić information content (AvgIpc) is 2.90. The zero-order valence-corrected chi connectivity index (χ0v) is 13.9. The predicted octanol–water partition coefficient (Wildman–Crippen LogP) is 3.91. The molecule has 0 unspecified atom stereocenters. The van der Waals surface area contributed by atoms with Gasteiger partial charge in [0.2, 0.25) is 0 Å². The third-order valence-electron chi connectivity index (χ3n) is 4.19. The highest BCUT2D eigenvalue weighted by Gasteiger charge is 2.26. The van der Waals surface area contributed by atoms with E-state index in [1.807, 2.05) is 0 Å². The number of nitro benzene ring substituents is 1. The third kappa shape index (κ3) is 2.88. The molecule has 3 rings (SSSR count). The quantitative estimate of drug-likeness (QED) is 0.676. The number of aryl methyl sites for hydroxylation is 1. The minimum absolute atomic E-state index is 0.00821. The van der Waals surface area contributed by atoms with Crippen LogP contribution in [0.5, 0.6) is 0 Å². The Morgan fingerprint density at radius 2 is 2.21 bits per heavy atom. The van der Waals surface area contributed by atoms with Crippen molar-refractivity contribution < 1.29 is 9.72 Å². The van der Waals surface area contributed by atoms with Gasteiger partial charge >= 0.3 is 0 Å². The lowest BCUT2D eigenvalue weighted by molar-refractivity contribution is -0.385. The van der Waals surface area contributed by atoms with Gasteiger partial charge in [-0.15, -0.1) is 11.3 Å². The van der Waals surface area contributed by atoms with Crippen molar-refractivity contribution in [3.8, 4) is 6.07 Å². The number of fused-ring (bicyclic) bond motifs is 1. The SMILES string of the molecule is C[C@@H]1CCc2sc(NC(=O)c3ccccc3[N+](=O)[O-])c(C#N)c2C1. The highest BCUT2D eigenvalue weighted by Crippen LogP contribution is 2.39. The molecule has 6 nitrogen and oxygen atoms in total. The number of para-hydroxylation sites is 1. The van der Waals surface area contributed by atoms with Crippen molar-refractivity contribution in [1.29, 1.82) is 5.26 Å². The van der Waals surface area contributed by atoms with Crippen LogP contribution in [0.2, 0.25) is 0 Å². The zero-order valence-electron chi connectivity index (χ0n) is 13.0. The van der Waals surface area contributed by atoms with E-state index in [2.05, 4.69) is 18.3 Å². The molecule has 1 heterocycles. The number of benzene rings is 1. The molecule has 0 saturated heterocycles. The zero-order chi connectivity index (χ0) is 17.3. The monoisotopic (exact) mass is 341 g/mol. The molecular formula is C17H15N3O3S. The molecule has 24 heavy (non-hydrogen) atoms. The number of amides is 1. The summed E-state index contributed by atoms with van der Waals surface area (Å²) < 4.78 is 0. The maximum Gasteiger partial charge on any atom is 0.282 e. The Bertz CT molecular complexity index is 866. The van der Waals surface area contributed by atoms with Crippen molar-refractivity contribution in [3.05, 3.63) is 55.9 Å². The number of rotatable bonds is 3. The second-order valence-corrected chi connectivity index (χ2v) is 7.00. The summed E-state index contributed by atoms with van der Waals surface area (Å²) in [6, 6.07) is 7.98. The molecule has 0 aliphatic heterocycles. The molecule has 1 aliphatic rings. The van der Waals surface area contributed by atoms with Crippen molar-refractivity contribution in [2.45, 2.75) is 26.2 Å². The van der Waals surface area contributed by atoms with Crippen molar-refractivity contribution in [2.75, 3.05) is 5.32 Å². The van der Waals surface area contributed by atoms with Gasteiger partial charge in [-0.3, -0.25) is 14.9 Å². The van der Waals surface area contributed by atoms with Gasteiger partial charge in [0.15, 0.2) is 0 Å². The van der Waals surface area contributed by atoms with Gasteiger partial charge in [-0.25, -0.2) is 0 Å². The van der Waals surface area contributed by atoms with Crippen LogP contribution in [0.25, 0.3) is 0 Å². The van der Waals surface area contributed by atoms with Crippen LogP contribution in [-0.4, -0.2) is 10.8 Å². The minimum Gasteiger partial charge on any atom is -0.312 e. The topological polar surface area (TPSA) is 96.0 Å². The minimum atomic E-state index is -0.582. The molecule has 0 saturated carbocycles. The molecule has 2 aromatic rings. The van der Waals surface area contributed by atoms with E-state index in [-0.39, 0.29) is 11.3 Å². The largest absolute Gasteiger partial charge is 0.312 e. The number of anilines is 1. The van der Waals surface area contributed by atoms with Crippen molar-refractivity contribution in [3.63, 3.8) is 0 Å². The summed E-state index contributed by atoms with van der Waals surface area (Å²) >= 11 is 1.40. The van der Waals surface area contributed by atoms with E-state index < -0.39 is 10.8 Å². The first-order valence-electron chi connectivity index (χ1n) is 7.60. The normalized spacial score (nSPS) is 16.1. The fourth-order valence-electron chi connectivity index (χ4n) is 2.96. The summed E-state index contributed by atoms with van der Waals surface area (Å²) in [5.41, 5.74) is 1.25. The van der Waals surface area contributed by atoms with E-state index >= 15 is 0 Å². The Kier molecular flexibility index (Phi) is 4.32.